The van der Waals surface area contributed by atoms with Crippen LogP contribution < -0.4 is 4.74 Å². The number of esters is 1. The molecule has 0 amide bonds. The Morgan fingerprint density at radius 2 is 1.62 bits per heavy atom. The molecule has 0 heterocycles. The van der Waals surface area contributed by atoms with Crippen molar-refractivity contribution < 1.29 is 19.1 Å². The molecular weight excluding hydrogens is 328 g/mol. The van der Waals surface area contributed by atoms with Crippen LogP contribution in [0.4, 0.5) is 0 Å². The Morgan fingerprint density at radius 3 is 2.31 bits per heavy atom. The summed E-state index contributed by atoms with van der Waals surface area (Å²) in [5, 5.41) is 0. The van der Waals surface area contributed by atoms with E-state index in [2.05, 4.69) is 0 Å². The highest BCUT2D eigenvalue weighted by atomic mass is 16.6. The monoisotopic (exact) mass is 348 g/mol. The molecule has 3 rings (SSSR count). The molecule has 132 valence electrons. The second kappa shape index (κ2) is 8.81. The van der Waals surface area contributed by atoms with Crippen LogP contribution in [0.15, 0.2) is 78.4 Å². The third-order valence-electron chi connectivity index (χ3n) is 3.97. The van der Waals surface area contributed by atoms with E-state index in [4.69, 9.17) is 9.47 Å². The second-order valence-electron chi connectivity index (χ2n) is 5.84. The molecule has 0 bridgehead atoms. The third kappa shape index (κ3) is 4.70. The van der Waals surface area contributed by atoms with Gasteiger partial charge in [0.15, 0.2) is 5.78 Å². The molecule has 0 unspecified atom stereocenters. The number of allylic oxidation sites excluding steroid dienone is 4. The Kier molecular flexibility index (Phi) is 5.99. The van der Waals surface area contributed by atoms with Gasteiger partial charge in [0.2, 0.25) is 0 Å². The average Bonchev–Trinajstić information content (AvgIpc) is 2.72. The maximum absolute atomic E-state index is 12.4. The molecule has 0 atom stereocenters. The molecule has 1 aliphatic rings. The summed E-state index contributed by atoms with van der Waals surface area (Å²) in [6, 6.07) is 15.8. The highest BCUT2D eigenvalue weighted by Gasteiger charge is 2.11. The van der Waals surface area contributed by atoms with E-state index >= 15 is 0 Å². The minimum Gasteiger partial charge on any atom is -0.490 e. The quantitative estimate of drug-likeness (QED) is 0.423. The summed E-state index contributed by atoms with van der Waals surface area (Å²) in [5.41, 5.74) is 1.88. The highest BCUT2D eigenvalue weighted by Crippen LogP contribution is 2.18. The van der Waals surface area contributed by atoms with Crippen LogP contribution in [0.1, 0.15) is 33.6 Å². The lowest BCUT2D eigenvalue weighted by molar-refractivity contribution is 0.0450. The number of Topliss-reactive ketones (excluding diaryl/α,β-unsaturated/α-hetero) is 1. The molecule has 0 spiro atoms. The zero-order chi connectivity index (χ0) is 18.2. The molecule has 0 aliphatic heterocycles. The Bertz CT molecular complexity index is 817. The van der Waals surface area contributed by atoms with Crippen molar-refractivity contribution in [3.05, 3.63) is 89.5 Å². The molecule has 0 saturated carbocycles. The Hall–Kier alpha value is -3.14. The smallest absolute Gasteiger partial charge is 0.338 e. The topological polar surface area (TPSA) is 52.6 Å². The number of carbonyl (C=O) groups excluding carboxylic acids is 2. The van der Waals surface area contributed by atoms with Gasteiger partial charge in [-0.2, -0.15) is 0 Å². The standard InChI is InChI=1S/C22H20O4/c23-21(17-7-3-1-4-8-17)18-11-13-20(14-12-18)25-15-16-26-22(24)19-9-5-2-6-10-19/h2-3,5-14H,1,4,15-16H2. The predicted octanol–water partition coefficient (Wildman–Crippen LogP) is 4.38. The Balaban J connectivity index is 1.46. The van der Waals surface area contributed by atoms with Crippen LogP contribution in [0, 0.1) is 0 Å². The maximum atomic E-state index is 12.4. The van der Waals surface area contributed by atoms with Crippen molar-refractivity contribution in [1.29, 1.82) is 0 Å². The van der Waals surface area contributed by atoms with Crippen molar-refractivity contribution in [2.75, 3.05) is 13.2 Å². The first-order valence-corrected chi connectivity index (χ1v) is 8.60. The Morgan fingerprint density at radius 1 is 0.846 bits per heavy atom. The van der Waals surface area contributed by atoms with Crippen molar-refractivity contribution in [2.45, 2.75) is 12.8 Å². The van der Waals surface area contributed by atoms with Gasteiger partial charge in [-0.1, -0.05) is 36.4 Å². The lowest BCUT2D eigenvalue weighted by Gasteiger charge is -2.09. The molecule has 0 radical (unpaired) electrons. The average molecular weight is 348 g/mol. The highest BCUT2D eigenvalue weighted by molar-refractivity contribution is 6.10. The molecule has 2 aromatic rings. The zero-order valence-electron chi connectivity index (χ0n) is 14.4. The van der Waals surface area contributed by atoms with Gasteiger partial charge < -0.3 is 9.47 Å². The molecule has 2 aromatic carbocycles. The SMILES string of the molecule is O=C(OCCOc1ccc(C(=O)C2=CCCC=C2)cc1)c1ccccc1. The van der Waals surface area contributed by atoms with Gasteiger partial charge in [0.25, 0.3) is 0 Å². The zero-order valence-corrected chi connectivity index (χ0v) is 14.4. The molecule has 26 heavy (non-hydrogen) atoms. The lowest BCUT2D eigenvalue weighted by Crippen LogP contribution is -2.12. The van der Waals surface area contributed by atoms with E-state index in [9.17, 15) is 9.59 Å². The van der Waals surface area contributed by atoms with Gasteiger partial charge in [-0.25, -0.2) is 4.79 Å². The fourth-order valence-corrected chi connectivity index (χ4v) is 2.60. The molecule has 0 N–H and O–H groups in total. The van der Waals surface area contributed by atoms with E-state index in [0.717, 1.165) is 18.4 Å². The predicted molar refractivity (Wildman–Crippen MR) is 99.4 cm³/mol. The van der Waals surface area contributed by atoms with Gasteiger partial charge in [0.1, 0.15) is 19.0 Å². The van der Waals surface area contributed by atoms with E-state index in [-0.39, 0.29) is 25.0 Å². The molecule has 0 fully saturated rings. The van der Waals surface area contributed by atoms with Crippen molar-refractivity contribution in [1.82, 2.24) is 0 Å². The third-order valence-corrected chi connectivity index (χ3v) is 3.97. The van der Waals surface area contributed by atoms with Gasteiger partial charge in [-0.05, 0) is 49.2 Å². The first-order chi connectivity index (χ1) is 12.7. The van der Waals surface area contributed by atoms with Crippen LogP contribution in [-0.4, -0.2) is 25.0 Å². The summed E-state index contributed by atoms with van der Waals surface area (Å²) in [4.78, 5) is 24.2. The van der Waals surface area contributed by atoms with Gasteiger partial charge in [0, 0.05) is 11.1 Å². The summed E-state index contributed by atoms with van der Waals surface area (Å²) < 4.78 is 10.7. The first-order valence-electron chi connectivity index (χ1n) is 8.60. The van der Waals surface area contributed by atoms with Crippen molar-refractivity contribution in [3.8, 4) is 5.75 Å². The van der Waals surface area contributed by atoms with Gasteiger partial charge in [-0.15, -0.1) is 0 Å². The number of rotatable bonds is 7. The number of ketones is 1. The normalized spacial score (nSPS) is 13.0. The Labute approximate surface area is 152 Å². The van der Waals surface area contributed by atoms with Crippen LogP contribution in [0.5, 0.6) is 5.75 Å². The molecule has 1 aliphatic carbocycles. The molecule has 4 nitrogen and oxygen atoms in total. The van der Waals surface area contributed by atoms with Crippen molar-refractivity contribution >= 4 is 11.8 Å². The van der Waals surface area contributed by atoms with Gasteiger partial charge >= 0.3 is 5.97 Å². The molecule has 0 aromatic heterocycles. The first kappa shape index (κ1) is 17.7. The molecular formula is C22H20O4. The number of benzene rings is 2. The van der Waals surface area contributed by atoms with E-state index in [0.29, 0.717) is 16.9 Å². The molecule has 4 heteroatoms. The van der Waals surface area contributed by atoms with Crippen molar-refractivity contribution in [2.24, 2.45) is 0 Å². The summed E-state index contributed by atoms with van der Waals surface area (Å²) in [5.74, 6) is 0.277. The summed E-state index contributed by atoms with van der Waals surface area (Å²) in [6.07, 6.45) is 7.74. The van der Waals surface area contributed by atoms with Crippen LogP contribution in [-0.2, 0) is 4.74 Å². The van der Waals surface area contributed by atoms with E-state index in [1.165, 1.54) is 0 Å². The van der Waals surface area contributed by atoms with Crippen LogP contribution in [0.2, 0.25) is 0 Å². The van der Waals surface area contributed by atoms with Gasteiger partial charge in [0.05, 0.1) is 5.56 Å². The fraction of sp³-hybridized carbons (Fsp3) is 0.182. The number of hydrogen-bond acceptors (Lipinski definition) is 4. The minimum absolute atomic E-state index is 0.0179. The summed E-state index contributed by atoms with van der Waals surface area (Å²) in [6.45, 7) is 0.409. The number of hydrogen-bond donors (Lipinski definition) is 0. The van der Waals surface area contributed by atoms with Crippen LogP contribution in [0.25, 0.3) is 0 Å². The lowest BCUT2D eigenvalue weighted by atomic mass is 9.98. The number of carbonyl (C=O) groups is 2. The van der Waals surface area contributed by atoms with E-state index in [1.54, 1.807) is 48.5 Å². The van der Waals surface area contributed by atoms with Gasteiger partial charge in [-0.3, -0.25) is 4.79 Å². The van der Waals surface area contributed by atoms with Crippen LogP contribution >= 0.6 is 0 Å². The molecule has 0 saturated heterocycles. The number of ether oxygens (including phenoxy) is 2. The second-order valence-corrected chi connectivity index (χ2v) is 5.84. The minimum atomic E-state index is -0.371. The fourth-order valence-electron chi connectivity index (χ4n) is 2.60. The van der Waals surface area contributed by atoms with E-state index < -0.39 is 0 Å². The largest absolute Gasteiger partial charge is 0.490 e. The summed E-state index contributed by atoms with van der Waals surface area (Å²) >= 11 is 0. The maximum Gasteiger partial charge on any atom is 0.338 e. The van der Waals surface area contributed by atoms with Crippen molar-refractivity contribution in [3.63, 3.8) is 0 Å². The van der Waals surface area contributed by atoms with Crippen LogP contribution in [0.3, 0.4) is 0 Å². The van der Waals surface area contributed by atoms with E-state index in [1.807, 2.05) is 24.3 Å². The summed E-state index contributed by atoms with van der Waals surface area (Å²) in [7, 11) is 0.